The summed E-state index contributed by atoms with van der Waals surface area (Å²) in [5.41, 5.74) is 1.16. The maximum Gasteiger partial charge on any atom is 0.416 e. The number of imidazole rings is 1. The van der Waals surface area contributed by atoms with Gasteiger partial charge in [0.25, 0.3) is 0 Å². The van der Waals surface area contributed by atoms with Gasteiger partial charge in [-0.05, 0) is 47.4 Å². The molecule has 220 valence electrons. The van der Waals surface area contributed by atoms with Crippen molar-refractivity contribution in [2.45, 2.75) is 35.2 Å². The number of hydrogen-bond donors (Lipinski definition) is 3. The summed E-state index contributed by atoms with van der Waals surface area (Å²) in [6.45, 7) is 0. The summed E-state index contributed by atoms with van der Waals surface area (Å²) in [5.74, 6) is -0.412. The largest absolute Gasteiger partial charge is 0.416 e. The van der Waals surface area contributed by atoms with Crippen molar-refractivity contribution < 1.29 is 34.8 Å². The molecule has 1 aromatic heterocycles. The highest BCUT2D eigenvalue weighted by Gasteiger charge is 2.39. The first-order valence-electron chi connectivity index (χ1n) is 12.4. The standard InChI is InChI=1S/C27H22BrF3N4O5S2/c28-21-11-16(9-10-20(21)24-14-25(36)35-42(24,39)40)12-22(26-32-15-23(33-26)17-5-2-1-3-6-17)34-41(37,38)19-8-4-7-18(13-19)27(29,30)31/h1-11,13,15,22,24,34H,12,14H2,(H,32,33)(H,35,36)/t22-,24?/m0/s1. The van der Waals surface area contributed by atoms with E-state index in [2.05, 4.69) is 30.6 Å². The molecule has 0 bridgehead atoms. The van der Waals surface area contributed by atoms with Crippen molar-refractivity contribution in [3.05, 3.63) is 106 Å². The first kappa shape index (κ1) is 29.9. The van der Waals surface area contributed by atoms with Gasteiger partial charge < -0.3 is 4.98 Å². The molecule has 0 saturated carbocycles. The fourth-order valence-corrected chi connectivity index (χ4v) is 8.14. The Morgan fingerprint density at radius 3 is 2.43 bits per heavy atom. The number of sulfonamides is 2. The van der Waals surface area contributed by atoms with E-state index in [-0.39, 0.29) is 18.7 Å². The van der Waals surface area contributed by atoms with Crippen molar-refractivity contribution in [2.24, 2.45) is 0 Å². The van der Waals surface area contributed by atoms with Gasteiger partial charge in [-0.2, -0.15) is 13.2 Å². The van der Waals surface area contributed by atoms with Gasteiger partial charge in [-0.15, -0.1) is 0 Å². The highest BCUT2D eigenvalue weighted by atomic mass is 79.9. The van der Waals surface area contributed by atoms with E-state index in [4.69, 9.17) is 0 Å². The van der Waals surface area contributed by atoms with Crippen LogP contribution in [0.5, 0.6) is 0 Å². The number of aromatic amines is 1. The molecule has 1 saturated heterocycles. The lowest BCUT2D eigenvalue weighted by Gasteiger charge is -2.19. The first-order chi connectivity index (χ1) is 19.7. The minimum absolute atomic E-state index is 0.00654. The zero-order valence-corrected chi connectivity index (χ0v) is 24.6. The summed E-state index contributed by atoms with van der Waals surface area (Å²) in [7, 11) is -8.36. The zero-order valence-electron chi connectivity index (χ0n) is 21.4. The molecule has 42 heavy (non-hydrogen) atoms. The van der Waals surface area contributed by atoms with Gasteiger partial charge in [-0.25, -0.2) is 26.5 Å². The van der Waals surface area contributed by atoms with Crippen LogP contribution in [0.1, 0.15) is 40.2 Å². The lowest BCUT2D eigenvalue weighted by atomic mass is 10.0. The van der Waals surface area contributed by atoms with E-state index < -0.39 is 53.9 Å². The van der Waals surface area contributed by atoms with Gasteiger partial charge in [-0.3, -0.25) is 9.52 Å². The van der Waals surface area contributed by atoms with Crippen LogP contribution < -0.4 is 9.44 Å². The monoisotopic (exact) mass is 682 g/mol. The molecule has 0 radical (unpaired) electrons. The Morgan fingerprint density at radius 2 is 1.79 bits per heavy atom. The van der Waals surface area contributed by atoms with Crippen molar-refractivity contribution >= 4 is 41.9 Å². The Kier molecular flexibility index (Phi) is 8.04. The number of nitrogens with zero attached hydrogens (tertiary/aromatic N) is 1. The molecule has 0 spiro atoms. The van der Waals surface area contributed by atoms with Gasteiger partial charge >= 0.3 is 6.18 Å². The number of carbonyl (C=O) groups excluding carboxylic acids is 1. The topological polar surface area (TPSA) is 138 Å². The lowest BCUT2D eigenvalue weighted by molar-refractivity contribution is -0.137. The number of halogens is 4. The number of hydrogen-bond acceptors (Lipinski definition) is 6. The highest BCUT2D eigenvalue weighted by Crippen LogP contribution is 2.36. The smallest absolute Gasteiger partial charge is 0.341 e. The van der Waals surface area contributed by atoms with Gasteiger partial charge in [0.2, 0.25) is 26.0 Å². The second-order valence-electron chi connectivity index (χ2n) is 9.57. The minimum Gasteiger partial charge on any atom is -0.341 e. The van der Waals surface area contributed by atoms with Crippen LogP contribution in [0.2, 0.25) is 0 Å². The van der Waals surface area contributed by atoms with E-state index in [0.717, 1.165) is 23.8 Å². The number of H-pyrrole nitrogens is 1. The molecule has 15 heteroatoms. The summed E-state index contributed by atoms with van der Waals surface area (Å²) >= 11 is 3.36. The maximum absolute atomic E-state index is 13.3. The molecule has 1 amide bonds. The number of benzene rings is 3. The Balaban J connectivity index is 1.49. The Hall–Kier alpha value is -3.53. The SMILES string of the molecule is O=C1CC(c2ccc(C[C@H](NS(=O)(=O)c3cccc(C(F)(F)F)c3)c3ncc(-c4ccccc4)[nH]3)cc2Br)S(=O)(=O)N1. The van der Waals surface area contributed by atoms with Crippen molar-refractivity contribution in [1.82, 2.24) is 19.4 Å². The molecule has 5 rings (SSSR count). The summed E-state index contributed by atoms with van der Waals surface area (Å²) in [6.07, 6.45) is -3.47. The van der Waals surface area contributed by atoms with Crippen LogP contribution in [-0.2, 0) is 37.4 Å². The number of carbonyl (C=O) groups is 1. The third kappa shape index (κ3) is 6.43. The van der Waals surface area contributed by atoms with Crippen molar-refractivity contribution in [3.63, 3.8) is 0 Å². The quantitative estimate of drug-likeness (QED) is 0.239. The maximum atomic E-state index is 13.3. The summed E-state index contributed by atoms with van der Waals surface area (Å²) in [4.78, 5) is 18.6. The minimum atomic E-state index is -4.74. The second-order valence-corrected chi connectivity index (χ2v) is 14.0. The van der Waals surface area contributed by atoms with Crippen LogP contribution in [0, 0.1) is 0 Å². The van der Waals surface area contributed by atoms with Crippen LogP contribution >= 0.6 is 15.9 Å². The second kappa shape index (κ2) is 11.3. The molecule has 1 unspecified atom stereocenters. The van der Waals surface area contributed by atoms with Gasteiger partial charge in [0, 0.05) is 4.47 Å². The molecular weight excluding hydrogens is 661 g/mol. The fourth-order valence-electron chi connectivity index (χ4n) is 4.59. The van der Waals surface area contributed by atoms with Crippen molar-refractivity contribution in [3.8, 4) is 11.3 Å². The average Bonchev–Trinajstić information content (AvgIpc) is 3.52. The number of alkyl halides is 3. The molecule has 1 fully saturated rings. The molecule has 3 N–H and O–H groups in total. The van der Waals surface area contributed by atoms with E-state index in [1.54, 1.807) is 12.1 Å². The molecule has 9 nitrogen and oxygen atoms in total. The predicted octanol–water partition coefficient (Wildman–Crippen LogP) is 5.01. The molecule has 2 atom stereocenters. The van der Waals surface area contributed by atoms with E-state index in [0.29, 0.717) is 27.4 Å². The van der Waals surface area contributed by atoms with Gasteiger partial charge in [-0.1, -0.05) is 64.5 Å². The number of aromatic nitrogens is 2. The van der Waals surface area contributed by atoms with E-state index >= 15 is 0 Å². The molecule has 1 aliphatic rings. The van der Waals surface area contributed by atoms with E-state index in [1.165, 1.54) is 12.3 Å². The average molecular weight is 684 g/mol. The number of rotatable bonds is 8. The Morgan fingerprint density at radius 1 is 1.05 bits per heavy atom. The highest BCUT2D eigenvalue weighted by molar-refractivity contribution is 9.10. The lowest BCUT2D eigenvalue weighted by Crippen LogP contribution is -2.31. The molecule has 3 aromatic carbocycles. The van der Waals surface area contributed by atoms with Crippen molar-refractivity contribution in [1.29, 1.82) is 0 Å². The molecule has 1 aliphatic heterocycles. The van der Waals surface area contributed by atoms with Crippen LogP contribution in [0.4, 0.5) is 13.2 Å². The molecule has 2 heterocycles. The molecule has 0 aliphatic carbocycles. The zero-order chi connectivity index (χ0) is 30.3. The summed E-state index contributed by atoms with van der Waals surface area (Å²) in [5, 5.41) is -1.10. The number of amides is 1. The predicted molar refractivity (Wildman–Crippen MR) is 151 cm³/mol. The van der Waals surface area contributed by atoms with Crippen LogP contribution in [0.15, 0.2) is 88.4 Å². The van der Waals surface area contributed by atoms with Crippen LogP contribution in [-0.4, -0.2) is 32.7 Å². The third-order valence-corrected chi connectivity index (χ3v) is 10.5. The van der Waals surface area contributed by atoms with Gasteiger partial charge in [0.1, 0.15) is 11.1 Å². The molecular formula is C27H22BrF3N4O5S2. The Labute approximate surface area is 247 Å². The first-order valence-corrected chi connectivity index (χ1v) is 16.2. The van der Waals surface area contributed by atoms with Gasteiger partial charge in [0.15, 0.2) is 0 Å². The van der Waals surface area contributed by atoms with E-state index in [9.17, 15) is 34.8 Å². The summed E-state index contributed by atoms with van der Waals surface area (Å²) in [6, 6.07) is 16.2. The summed E-state index contributed by atoms with van der Waals surface area (Å²) < 4.78 is 96.1. The van der Waals surface area contributed by atoms with Crippen molar-refractivity contribution in [2.75, 3.05) is 0 Å². The normalized spacial score (nSPS) is 17.6. The van der Waals surface area contributed by atoms with Crippen LogP contribution in [0.25, 0.3) is 11.3 Å². The third-order valence-electron chi connectivity index (χ3n) is 6.63. The molecule has 4 aromatic rings. The van der Waals surface area contributed by atoms with Crippen LogP contribution in [0.3, 0.4) is 0 Å². The fraction of sp³-hybridized carbons (Fsp3) is 0.185. The van der Waals surface area contributed by atoms with Gasteiger partial charge in [0.05, 0.1) is 34.8 Å². The van der Waals surface area contributed by atoms with E-state index in [1.807, 2.05) is 35.1 Å². The Bertz CT molecular complexity index is 1860. The number of nitrogens with one attached hydrogen (secondary N) is 3.